The Bertz CT molecular complexity index is 661. The van der Waals surface area contributed by atoms with Gasteiger partial charge in [0.05, 0.1) is 11.4 Å². The molecule has 0 unspecified atom stereocenters. The molecule has 1 aliphatic heterocycles. The number of carbonyl (C=O) groups is 1. The van der Waals surface area contributed by atoms with E-state index in [-0.39, 0.29) is 11.8 Å². The number of anilines is 2. The topological polar surface area (TPSA) is 20.3 Å². The van der Waals surface area contributed by atoms with Crippen molar-refractivity contribution in [3.05, 3.63) is 48.5 Å². The largest absolute Gasteiger partial charge is 0.279 e. The van der Waals surface area contributed by atoms with Crippen molar-refractivity contribution < 1.29 is 4.79 Å². The standard InChI is InChI=1S/C19H19NOS/c21-19(14-8-2-1-3-9-14)20-15-10-4-6-12-17(15)22-18-13-7-5-11-16(18)20/h4-7,10-14H,1-3,8-9H2. The second-order valence-corrected chi connectivity index (χ2v) is 7.13. The van der Waals surface area contributed by atoms with E-state index < -0.39 is 0 Å². The summed E-state index contributed by atoms with van der Waals surface area (Å²) in [6.07, 6.45) is 5.71. The lowest BCUT2D eigenvalue weighted by molar-refractivity contribution is -0.122. The molecule has 22 heavy (non-hydrogen) atoms. The summed E-state index contributed by atoms with van der Waals surface area (Å²) < 4.78 is 0. The number of amides is 1. The number of rotatable bonds is 1. The fraction of sp³-hybridized carbons (Fsp3) is 0.316. The van der Waals surface area contributed by atoms with Crippen molar-refractivity contribution in [2.75, 3.05) is 4.90 Å². The van der Waals surface area contributed by atoms with Crippen LogP contribution in [0.1, 0.15) is 32.1 Å². The number of fused-ring (bicyclic) bond motifs is 2. The highest BCUT2D eigenvalue weighted by Crippen LogP contribution is 2.48. The molecule has 0 bridgehead atoms. The monoisotopic (exact) mass is 309 g/mol. The fourth-order valence-corrected chi connectivity index (χ4v) is 4.53. The molecule has 0 N–H and O–H groups in total. The number of nitrogens with zero attached hydrogens (tertiary/aromatic N) is 1. The third-order valence-electron chi connectivity index (χ3n) is 4.61. The molecule has 0 atom stereocenters. The average molecular weight is 309 g/mol. The molecule has 1 saturated carbocycles. The Morgan fingerprint density at radius 1 is 0.864 bits per heavy atom. The lowest BCUT2D eigenvalue weighted by Crippen LogP contribution is -2.35. The van der Waals surface area contributed by atoms with Crippen molar-refractivity contribution in [1.82, 2.24) is 0 Å². The third-order valence-corrected chi connectivity index (χ3v) is 5.74. The summed E-state index contributed by atoms with van der Waals surface area (Å²) in [7, 11) is 0. The first-order valence-electron chi connectivity index (χ1n) is 8.04. The van der Waals surface area contributed by atoms with Crippen LogP contribution in [0, 0.1) is 5.92 Å². The zero-order valence-electron chi connectivity index (χ0n) is 12.5. The Morgan fingerprint density at radius 3 is 2.00 bits per heavy atom. The van der Waals surface area contributed by atoms with Gasteiger partial charge in [-0.05, 0) is 37.1 Å². The summed E-state index contributed by atoms with van der Waals surface area (Å²) in [5.74, 6) is 0.456. The van der Waals surface area contributed by atoms with Gasteiger partial charge in [0.15, 0.2) is 0 Å². The highest BCUT2D eigenvalue weighted by Gasteiger charge is 2.32. The maximum atomic E-state index is 13.2. The number of carbonyl (C=O) groups excluding carboxylic acids is 1. The number of hydrogen-bond acceptors (Lipinski definition) is 2. The van der Waals surface area contributed by atoms with Gasteiger partial charge in [-0.3, -0.25) is 9.69 Å². The molecule has 2 aromatic rings. The first-order chi connectivity index (χ1) is 10.8. The van der Waals surface area contributed by atoms with Crippen LogP contribution in [0.2, 0.25) is 0 Å². The Balaban J connectivity index is 1.78. The van der Waals surface area contributed by atoms with Gasteiger partial charge in [-0.2, -0.15) is 0 Å². The van der Waals surface area contributed by atoms with E-state index in [0.29, 0.717) is 0 Å². The number of benzene rings is 2. The van der Waals surface area contributed by atoms with Crippen LogP contribution < -0.4 is 4.90 Å². The lowest BCUT2D eigenvalue weighted by atomic mass is 9.88. The Kier molecular flexibility index (Phi) is 3.67. The molecule has 1 amide bonds. The van der Waals surface area contributed by atoms with Crippen LogP contribution in [0.15, 0.2) is 58.3 Å². The van der Waals surface area contributed by atoms with Gasteiger partial charge in [0.25, 0.3) is 0 Å². The second-order valence-electron chi connectivity index (χ2n) is 6.05. The molecule has 2 aromatic carbocycles. The highest BCUT2D eigenvalue weighted by molar-refractivity contribution is 7.99. The van der Waals surface area contributed by atoms with E-state index >= 15 is 0 Å². The molecule has 2 nitrogen and oxygen atoms in total. The van der Waals surface area contributed by atoms with Crippen molar-refractivity contribution in [1.29, 1.82) is 0 Å². The van der Waals surface area contributed by atoms with Gasteiger partial charge < -0.3 is 0 Å². The fourth-order valence-electron chi connectivity index (χ4n) is 3.47. The molecule has 2 aliphatic rings. The molecule has 0 radical (unpaired) electrons. The molecule has 1 heterocycles. The quantitative estimate of drug-likeness (QED) is 0.703. The van der Waals surface area contributed by atoms with Gasteiger partial charge in [-0.15, -0.1) is 0 Å². The van der Waals surface area contributed by atoms with E-state index in [2.05, 4.69) is 24.3 Å². The molecule has 0 saturated heterocycles. The number of hydrogen-bond donors (Lipinski definition) is 0. The van der Waals surface area contributed by atoms with Crippen LogP contribution >= 0.6 is 11.8 Å². The summed E-state index contributed by atoms with van der Waals surface area (Å²) >= 11 is 1.76. The van der Waals surface area contributed by atoms with E-state index in [1.807, 2.05) is 29.2 Å². The SMILES string of the molecule is O=C(C1CCCCC1)N1c2ccccc2Sc2ccccc21. The van der Waals surface area contributed by atoms with Gasteiger partial charge >= 0.3 is 0 Å². The van der Waals surface area contributed by atoms with Crippen LogP contribution in [-0.2, 0) is 4.79 Å². The highest BCUT2D eigenvalue weighted by atomic mass is 32.2. The summed E-state index contributed by atoms with van der Waals surface area (Å²) in [6, 6.07) is 16.5. The predicted molar refractivity (Wildman–Crippen MR) is 90.7 cm³/mol. The molecular weight excluding hydrogens is 290 g/mol. The van der Waals surface area contributed by atoms with Crippen LogP contribution in [0.5, 0.6) is 0 Å². The van der Waals surface area contributed by atoms with E-state index in [1.54, 1.807) is 11.8 Å². The molecule has 0 aromatic heterocycles. The minimum Gasteiger partial charge on any atom is -0.279 e. The van der Waals surface area contributed by atoms with E-state index in [0.717, 1.165) is 24.2 Å². The third kappa shape index (κ3) is 2.34. The molecule has 0 spiro atoms. The molecular formula is C19H19NOS. The summed E-state index contributed by atoms with van der Waals surface area (Å²) in [4.78, 5) is 17.5. The van der Waals surface area contributed by atoms with Gasteiger partial charge in [0.1, 0.15) is 0 Å². The van der Waals surface area contributed by atoms with Crippen molar-refractivity contribution in [2.45, 2.75) is 41.9 Å². The molecule has 1 fully saturated rings. The second kappa shape index (κ2) is 5.81. The van der Waals surface area contributed by atoms with Crippen molar-refractivity contribution in [2.24, 2.45) is 5.92 Å². The Labute approximate surface area is 135 Å². The molecule has 1 aliphatic carbocycles. The normalized spacial score (nSPS) is 17.7. The van der Waals surface area contributed by atoms with Gasteiger partial charge in [-0.1, -0.05) is 55.3 Å². The van der Waals surface area contributed by atoms with Gasteiger partial charge in [0.2, 0.25) is 5.91 Å². The molecule has 112 valence electrons. The summed E-state index contributed by atoms with van der Waals surface area (Å²) in [6.45, 7) is 0. The lowest BCUT2D eigenvalue weighted by Gasteiger charge is -2.34. The average Bonchev–Trinajstić information content (AvgIpc) is 2.60. The van der Waals surface area contributed by atoms with Crippen LogP contribution in [-0.4, -0.2) is 5.91 Å². The van der Waals surface area contributed by atoms with E-state index in [4.69, 9.17) is 0 Å². The van der Waals surface area contributed by atoms with Crippen molar-refractivity contribution in [3.63, 3.8) is 0 Å². The minimum absolute atomic E-state index is 0.179. The predicted octanol–water partition coefficient (Wildman–Crippen LogP) is 5.40. The first kappa shape index (κ1) is 13.9. The van der Waals surface area contributed by atoms with E-state index in [1.165, 1.54) is 29.1 Å². The van der Waals surface area contributed by atoms with Gasteiger partial charge in [0, 0.05) is 15.7 Å². The Hall–Kier alpha value is -1.74. The maximum absolute atomic E-state index is 13.2. The smallest absolute Gasteiger partial charge is 0.234 e. The van der Waals surface area contributed by atoms with Crippen LogP contribution in [0.3, 0.4) is 0 Å². The molecule has 3 heteroatoms. The molecule has 4 rings (SSSR count). The van der Waals surface area contributed by atoms with Crippen molar-refractivity contribution in [3.8, 4) is 0 Å². The zero-order chi connectivity index (χ0) is 14.9. The Morgan fingerprint density at radius 2 is 1.41 bits per heavy atom. The number of para-hydroxylation sites is 2. The zero-order valence-corrected chi connectivity index (χ0v) is 13.3. The maximum Gasteiger partial charge on any atom is 0.234 e. The summed E-state index contributed by atoms with van der Waals surface area (Å²) in [5, 5.41) is 0. The van der Waals surface area contributed by atoms with Crippen LogP contribution in [0.4, 0.5) is 11.4 Å². The van der Waals surface area contributed by atoms with Crippen molar-refractivity contribution >= 4 is 29.0 Å². The minimum atomic E-state index is 0.179. The van der Waals surface area contributed by atoms with Crippen LogP contribution in [0.25, 0.3) is 0 Å². The summed E-state index contributed by atoms with van der Waals surface area (Å²) in [5.41, 5.74) is 2.09. The first-order valence-corrected chi connectivity index (χ1v) is 8.86. The van der Waals surface area contributed by atoms with Gasteiger partial charge in [-0.25, -0.2) is 0 Å². The van der Waals surface area contributed by atoms with E-state index in [9.17, 15) is 4.79 Å².